The molecule has 0 aliphatic heterocycles. The van der Waals surface area contributed by atoms with E-state index < -0.39 is 5.97 Å². The summed E-state index contributed by atoms with van der Waals surface area (Å²) in [7, 11) is 0. The molecule has 0 aliphatic carbocycles. The fraction of sp³-hybridized carbons (Fsp3) is 0.636. The largest absolute Gasteiger partial charge is 0.476 e. The molecule has 0 bridgehead atoms. The van der Waals surface area contributed by atoms with Crippen molar-refractivity contribution in [3.05, 3.63) is 11.9 Å². The number of carbonyl (C=O) groups excluding carboxylic acids is 1. The number of hydrogen-bond donors (Lipinski definition) is 2. The lowest BCUT2D eigenvalue weighted by Crippen LogP contribution is -2.35. The number of carboxylic acid groups (broad SMARTS) is 1. The predicted molar refractivity (Wildman–Crippen MR) is 64.1 cm³/mol. The Morgan fingerprint density at radius 3 is 2.67 bits per heavy atom. The van der Waals surface area contributed by atoms with Crippen molar-refractivity contribution in [2.75, 3.05) is 6.54 Å². The standard InChI is InChI=1S/C11H18N4O3/c1-4-11(2,3)7-12-9(16)6-15-5-8(10(17)18)13-14-15/h5H,4,6-7H2,1-3H3,(H,12,16)(H,17,18). The Morgan fingerprint density at radius 1 is 1.50 bits per heavy atom. The highest BCUT2D eigenvalue weighted by Gasteiger charge is 2.16. The van der Waals surface area contributed by atoms with Gasteiger partial charge in [0.2, 0.25) is 5.91 Å². The van der Waals surface area contributed by atoms with Gasteiger partial charge in [0.25, 0.3) is 0 Å². The van der Waals surface area contributed by atoms with Crippen LogP contribution in [0.1, 0.15) is 37.7 Å². The Balaban J connectivity index is 2.47. The third-order valence-corrected chi connectivity index (χ3v) is 2.78. The summed E-state index contributed by atoms with van der Waals surface area (Å²) in [5, 5.41) is 18.4. The molecule has 1 amide bonds. The third-order valence-electron chi connectivity index (χ3n) is 2.78. The normalized spacial score (nSPS) is 11.3. The van der Waals surface area contributed by atoms with Crippen molar-refractivity contribution in [2.24, 2.45) is 5.41 Å². The van der Waals surface area contributed by atoms with Crippen LogP contribution in [-0.4, -0.2) is 38.5 Å². The van der Waals surface area contributed by atoms with E-state index in [-0.39, 0.29) is 23.6 Å². The summed E-state index contributed by atoms with van der Waals surface area (Å²) in [4.78, 5) is 22.2. The summed E-state index contributed by atoms with van der Waals surface area (Å²) < 4.78 is 1.21. The zero-order chi connectivity index (χ0) is 13.8. The average molecular weight is 254 g/mol. The first kappa shape index (κ1) is 14.1. The second kappa shape index (κ2) is 5.61. The van der Waals surface area contributed by atoms with E-state index >= 15 is 0 Å². The number of carbonyl (C=O) groups is 2. The van der Waals surface area contributed by atoms with Gasteiger partial charge >= 0.3 is 5.97 Å². The summed E-state index contributed by atoms with van der Waals surface area (Å²) in [5.41, 5.74) is -0.124. The first-order valence-electron chi connectivity index (χ1n) is 5.74. The Labute approximate surface area is 105 Å². The number of carboxylic acids is 1. The zero-order valence-electron chi connectivity index (χ0n) is 10.8. The first-order chi connectivity index (χ1) is 8.34. The minimum Gasteiger partial charge on any atom is -0.476 e. The maximum absolute atomic E-state index is 11.6. The molecule has 2 N–H and O–H groups in total. The number of nitrogens with zero attached hydrogens (tertiary/aromatic N) is 3. The minimum absolute atomic E-state index is 0.0277. The van der Waals surface area contributed by atoms with Crippen molar-refractivity contribution in [3.63, 3.8) is 0 Å². The maximum Gasteiger partial charge on any atom is 0.358 e. The van der Waals surface area contributed by atoms with E-state index in [4.69, 9.17) is 5.11 Å². The molecule has 0 unspecified atom stereocenters. The van der Waals surface area contributed by atoms with Crippen molar-refractivity contribution < 1.29 is 14.7 Å². The van der Waals surface area contributed by atoms with Gasteiger partial charge in [-0.2, -0.15) is 0 Å². The molecular weight excluding hydrogens is 236 g/mol. The maximum atomic E-state index is 11.6. The number of rotatable bonds is 6. The topological polar surface area (TPSA) is 97.1 Å². The van der Waals surface area contributed by atoms with E-state index in [1.165, 1.54) is 10.9 Å². The molecule has 0 fully saturated rings. The van der Waals surface area contributed by atoms with Gasteiger partial charge in [-0.25, -0.2) is 9.48 Å². The smallest absolute Gasteiger partial charge is 0.358 e. The quantitative estimate of drug-likeness (QED) is 0.771. The highest BCUT2D eigenvalue weighted by Crippen LogP contribution is 2.17. The summed E-state index contributed by atoms with van der Waals surface area (Å²) in [6.07, 6.45) is 2.19. The lowest BCUT2D eigenvalue weighted by molar-refractivity contribution is -0.122. The van der Waals surface area contributed by atoms with Crippen LogP contribution >= 0.6 is 0 Å². The summed E-state index contributed by atoms with van der Waals surface area (Å²) in [5.74, 6) is -1.37. The molecule has 0 saturated heterocycles. The fourth-order valence-corrected chi connectivity index (χ4v) is 1.14. The van der Waals surface area contributed by atoms with Crippen LogP contribution in [0.15, 0.2) is 6.20 Å². The Morgan fingerprint density at radius 2 is 2.17 bits per heavy atom. The van der Waals surface area contributed by atoms with E-state index in [2.05, 4.69) is 36.4 Å². The molecule has 100 valence electrons. The van der Waals surface area contributed by atoms with Gasteiger partial charge in [0.05, 0.1) is 6.20 Å². The molecular formula is C11H18N4O3. The lowest BCUT2D eigenvalue weighted by Gasteiger charge is -2.22. The highest BCUT2D eigenvalue weighted by molar-refractivity contribution is 5.84. The minimum atomic E-state index is -1.16. The van der Waals surface area contributed by atoms with Crippen LogP contribution in [0.3, 0.4) is 0 Å². The molecule has 1 rings (SSSR count). The summed E-state index contributed by atoms with van der Waals surface area (Å²) >= 11 is 0. The fourth-order valence-electron chi connectivity index (χ4n) is 1.14. The Bertz CT molecular complexity index is 439. The molecule has 18 heavy (non-hydrogen) atoms. The van der Waals surface area contributed by atoms with Crippen molar-refractivity contribution in [3.8, 4) is 0 Å². The van der Waals surface area contributed by atoms with E-state index in [0.29, 0.717) is 6.54 Å². The van der Waals surface area contributed by atoms with Gasteiger partial charge in [0.1, 0.15) is 6.54 Å². The van der Waals surface area contributed by atoms with Gasteiger partial charge in [-0.3, -0.25) is 4.79 Å². The predicted octanol–water partition coefficient (Wildman–Crippen LogP) is 0.529. The van der Waals surface area contributed by atoms with Gasteiger partial charge in [-0.15, -0.1) is 5.10 Å². The van der Waals surface area contributed by atoms with Gasteiger partial charge in [0.15, 0.2) is 5.69 Å². The number of hydrogen-bond acceptors (Lipinski definition) is 4. The first-order valence-corrected chi connectivity index (χ1v) is 5.74. The van der Waals surface area contributed by atoms with Crippen LogP contribution in [-0.2, 0) is 11.3 Å². The number of aromatic carboxylic acids is 1. The SMILES string of the molecule is CCC(C)(C)CNC(=O)Cn1cc(C(=O)O)nn1. The van der Waals surface area contributed by atoms with Crippen molar-refractivity contribution in [1.82, 2.24) is 20.3 Å². The van der Waals surface area contributed by atoms with E-state index in [1.54, 1.807) is 0 Å². The Hall–Kier alpha value is -1.92. The molecule has 0 spiro atoms. The number of amides is 1. The van der Waals surface area contributed by atoms with Crippen LogP contribution in [0.4, 0.5) is 0 Å². The van der Waals surface area contributed by atoms with Crippen LogP contribution in [0.25, 0.3) is 0 Å². The van der Waals surface area contributed by atoms with Crippen LogP contribution in [0.5, 0.6) is 0 Å². The second-order valence-corrected chi connectivity index (χ2v) is 4.90. The van der Waals surface area contributed by atoms with Gasteiger partial charge in [-0.05, 0) is 11.8 Å². The third kappa shape index (κ3) is 4.15. The van der Waals surface area contributed by atoms with E-state index in [0.717, 1.165) is 6.42 Å². The summed E-state index contributed by atoms with van der Waals surface area (Å²) in [6.45, 7) is 6.72. The molecule has 0 atom stereocenters. The van der Waals surface area contributed by atoms with Crippen LogP contribution in [0, 0.1) is 5.41 Å². The second-order valence-electron chi connectivity index (χ2n) is 4.90. The van der Waals surface area contributed by atoms with Crippen molar-refractivity contribution in [2.45, 2.75) is 33.7 Å². The molecule has 0 aliphatic rings. The average Bonchev–Trinajstić information content (AvgIpc) is 2.75. The van der Waals surface area contributed by atoms with Crippen LogP contribution < -0.4 is 5.32 Å². The molecule has 0 aromatic carbocycles. The number of aromatic nitrogens is 3. The summed E-state index contributed by atoms with van der Waals surface area (Å²) in [6, 6.07) is 0. The van der Waals surface area contributed by atoms with Crippen LogP contribution in [0.2, 0.25) is 0 Å². The zero-order valence-corrected chi connectivity index (χ0v) is 10.8. The number of nitrogens with one attached hydrogen (secondary N) is 1. The van der Waals surface area contributed by atoms with Gasteiger partial charge in [-0.1, -0.05) is 26.0 Å². The molecule has 0 radical (unpaired) electrons. The van der Waals surface area contributed by atoms with Gasteiger partial charge < -0.3 is 10.4 Å². The highest BCUT2D eigenvalue weighted by atomic mass is 16.4. The molecule has 1 aromatic rings. The lowest BCUT2D eigenvalue weighted by atomic mass is 9.90. The van der Waals surface area contributed by atoms with E-state index in [1.807, 2.05) is 0 Å². The van der Waals surface area contributed by atoms with Crippen molar-refractivity contribution in [1.29, 1.82) is 0 Å². The molecule has 1 aromatic heterocycles. The molecule has 7 heteroatoms. The molecule has 7 nitrogen and oxygen atoms in total. The monoisotopic (exact) mass is 254 g/mol. The van der Waals surface area contributed by atoms with Crippen molar-refractivity contribution >= 4 is 11.9 Å². The van der Waals surface area contributed by atoms with Gasteiger partial charge in [0, 0.05) is 6.54 Å². The Kier molecular flexibility index (Phi) is 4.41. The molecule has 0 saturated carbocycles. The molecule has 1 heterocycles. The van der Waals surface area contributed by atoms with E-state index in [9.17, 15) is 9.59 Å².